The summed E-state index contributed by atoms with van der Waals surface area (Å²) < 4.78 is 6.25. The molecule has 0 aromatic heterocycles. The zero-order valence-electron chi connectivity index (χ0n) is 13.6. The third-order valence-corrected chi connectivity index (χ3v) is 0.735. The number of hydrogen-bond donors (Lipinski definition) is 0. The molecular weight excluding hydrogens is 438 g/mol. The molecule has 0 radical (unpaired) electrons. The highest BCUT2D eigenvalue weighted by molar-refractivity contribution is 15.0. The lowest BCUT2D eigenvalue weighted by Crippen LogP contribution is -1.50. The summed E-state index contributed by atoms with van der Waals surface area (Å²) in [5.41, 5.74) is 0. The first kappa shape index (κ1) is 26.4. The molecule has 0 aliphatic heterocycles. The summed E-state index contributed by atoms with van der Waals surface area (Å²) in [4.78, 5) is 9.62. The molecule has 0 bridgehead atoms. The monoisotopic (exact) mass is 471 g/mol. The molecule has 0 saturated heterocycles. The molecule has 0 saturated carbocycles. The molecule has 108 valence electrons. The molecule has 0 fully saturated rings. The molecule has 1 nitrogen and oxygen atoms in total. The van der Waals surface area contributed by atoms with Crippen LogP contribution in [-0.2, 0) is 4.79 Å². The number of rotatable bonds is 2. The predicted molar refractivity (Wildman–Crippen MR) is 101 cm³/mol. The second-order valence-electron chi connectivity index (χ2n) is 3.03. The average Bonchev–Trinajstić information content (AvgIpc) is 2.34. The van der Waals surface area contributed by atoms with E-state index in [9.17, 15) is 4.79 Å². The quantitative estimate of drug-likeness (QED) is 0.237. The Morgan fingerprint density at radius 1 is 0.941 bits per heavy atom. The molecule has 0 aromatic carbocycles. The van der Waals surface area contributed by atoms with Gasteiger partial charge in [0.2, 0.25) is 0 Å². The van der Waals surface area contributed by atoms with Crippen LogP contribution in [0.4, 0.5) is 0 Å². The largest absolute Gasteiger partial charge is 0.299 e. The van der Waals surface area contributed by atoms with Crippen LogP contribution in [0.5, 0.6) is 0 Å². The van der Waals surface area contributed by atoms with Crippen molar-refractivity contribution in [2.24, 2.45) is 0 Å². The molecule has 0 spiro atoms. The minimum Gasteiger partial charge on any atom is -0.299 e. The van der Waals surface area contributed by atoms with Crippen LogP contribution in [0, 0.1) is 0 Å². The molecule has 0 heterocycles. The number of aldehydes is 1. The van der Waals surface area contributed by atoms with E-state index in [2.05, 4.69) is 78.8 Å². The summed E-state index contributed by atoms with van der Waals surface area (Å²) in [6.07, 6.45) is 7.23. The maximum Gasteiger partial charge on any atom is 0.142 e. The van der Waals surface area contributed by atoms with E-state index in [1.54, 1.807) is 6.92 Å². The highest BCUT2D eigenvalue weighted by Gasteiger charge is 1.56. The number of hydrogen-bond acceptors (Lipinski definition) is 1. The Kier molecular flexibility index (Phi) is 107. The minimum atomic E-state index is -0.641. The molecule has 0 aliphatic rings. The Bertz CT molecular complexity index is 125. The lowest BCUT2D eigenvalue weighted by Gasteiger charge is -1.68. The molecule has 0 N–H and O–H groups in total. The van der Waals surface area contributed by atoms with Crippen molar-refractivity contribution < 1.29 is 6.17 Å². The molecule has 17 heavy (non-hydrogen) atoms. The fraction of sp³-hybridized carbons (Fsp3) is 0.786. The van der Waals surface area contributed by atoms with E-state index >= 15 is 0 Å². The van der Waals surface area contributed by atoms with Crippen LogP contribution in [0.1, 0.15) is 75.5 Å². The SMILES string of the molecule is CCC.CCC.CCCC.II.[2H]C(=O)/C=C/C. The maximum absolute atomic E-state index is 9.62. The first-order valence-corrected chi connectivity index (χ1v) is 12.6. The molecule has 0 atom stereocenters. The van der Waals surface area contributed by atoms with Crippen molar-refractivity contribution >= 4 is 43.5 Å². The first-order valence-electron chi connectivity index (χ1n) is 6.79. The Labute approximate surface area is 135 Å². The highest BCUT2D eigenvalue weighted by atomic mass is 128. The zero-order valence-corrected chi connectivity index (χ0v) is 17.0. The van der Waals surface area contributed by atoms with Crippen molar-refractivity contribution in [3.05, 3.63) is 12.2 Å². The van der Waals surface area contributed by atoms with Gasteiger partial charge in [-0.2, -0.15) is 0 Å². The highest BCUT2D eigenvalue weighted by Crippen LogP contribution is 1.89. The van der Waals surface area contributed by atoms with Crippen molar-refractivity contribution in [3.63, 3.8) is 0 Å². The summed E-state index contributed by atoms with van der Waals surface area (Å²) in [5.74, 6) is 0. The standard InChI is InChI=1S/C4H6O.C4H10.2C3H8.I2/c1-2-3-4-5;1-3-4-2;2*1-3-2;1-2/h2-4H,1H3;3-4H2,1-2H3;2*3H2,1-2H3;/b3-2+;;;;/i4D;;;;. The summed E-state index contributed by atoms with van der Waals surface area (Å²) >= 11 is 4.24. The van der Waals surface area contributed by atoms with Crippen LogP contribution in [0.2, 0.25) is 0 Å². The van der Waals surface area contributed by atoms with Gasteiger partial charge in [0, 0.05) is 37.2 Å². The van der Waals surface area contributed by atoms with Gasteiger partial charge in [0.15, 0.2) is 0 Å². The van der Waals surface area contributed by atoms with Crippen molar-refractivity contribution in [1.29, 1.82) is 0 Å². The van der Waals surface area contributed by atoms with E-state index in [4.69, 9.17) is 1.37 Å². The van der Waals surface area contributed by atoms with Gasteiger partial charge in [0.05, 0.1) is 0 Å². The minimum absolute atomic E-state index is 0.641. The van der Waals surface area contributed by atoms with Crippen LogP contribution in [0.25, 0.3) is 0 Å². The fourth-order valence-corrected chi connectivity index (χ4v) is 0.0680. The predicted octanol–water partition coefficient (Wildman–Crippen LogP) is 7.17. The van der Waals surface area contributed by atoms with Crippen LogP contribution in [0.15, 0.2) is 12.2 Å². The van der Waals surface area contributed by atoms with Crippen molar-refractivity contribution in [2.75, 3.05) is 0 Å². The Hall–Kier alpha value is 0.870. The second kappa shape index (κ2) is 68.6. The van der Waals surface area contributed by atoms with E-state index in [1.807, 2.05) is 0 Å². The molecular formula is C14H32I2O. The van der Waals surface area contributed by atoms with Crippen LogP contribution < -0.4 is 0 Å². The van der Waals surface area contributed by atoms with Gasteiger partial charge in [0.1, 0.15) is 7.63 Å². The van der Waals surface area contributed by atoms with Gasteiger partial charge in [-0.25, -0.2) is 0 Å². The number of unbranched alkanes of at least 4 members (excludes halogenated alkanes) is 1. The van der Waals surface area contributed by atoms with E-state index in [0.717, 1.165) is 0 Å². The van der Waals surface area contributed by atoms with Gasteiger partial charge in [0.25, 0.3) is 0 Å². The third kappa shape index (κ3) is 249. The number of halogens is 2. The summed E-state index contributed by atoms with van der Waals surface area (Å²) in [6.45, 7) is 14.6. The Morgan fingerprint density at radius 2 is 1.18 bits per heavy atom. The molecule has 0 aliphatic carbocycles. The average molecular weight is 471 g/mol. The van der Waals surface area contributed by atoms with Gasteiger partial charge < -0.3 is 0 Å². The molecule has 0 rings (SSSR count). The van der Waals surface area contributed by atoms with E-state index in [-0.39, 0.29) is 0 Å². The summed E-state index contributed by atoms with van der Waals surface area (Å²) in [7, 11) is 0. The topological polar surface area (TPSA) is 17.1 Å². The lowest BCUT2D eigenvalue weighted by atomic mass is 10.4. The normalized spacial score (nSPS) is 7.71. The Morgan fingerprint density at radius 3 is 1.18 bits per heavy atom. The number of allylic oxidation sites excluding steroid dienone is 2. The van der Waals surface area contributed by atoms with Crippen LogP contribution in [0.3, 0.4) is 0 Å². The fourth-order valence-electron chi connectivity index (χ4n) is 0.0680. The molecule has 0 aromatic rings. The summed E-state index contributed by atoms with van der Waals surface area (Å²) in [5, 5.41) is 0. The maximum atomic E-state index is 9.62. The smallest absolute Gasteiger partial charge is 0.142 e. The first-order chi connectivity index (χ1) is 8.51. The Balaban J connectivity index is -0.0000000416. The van der Waals surface area contributed by atoms with Gasteiger partial charge in [-0.1, -0.05) is 73.3 Å². The van der Waals surface area contributed by atoms with E-state index in [0.29, 0.717) is 0 Å². The van der Waals surface area contributed by atoms with Crippen molar-refractivity contribution in [2.45, 2.75) is 74.1 Å². The van der Waals surface area contributed by atoms with Gasteiger partial charge in [-0.05, 0) is 13.0 Å². The molecule has 0 unspecified atom stereocenters. The zero-order chi connectivity index (χ0) is 15.8. The lowest BCUT2D eigenvalue weighted by molar-refractivity contribution is -0.104. The van der Waals surface area contributed by atoms with E-state index in [1.165, 1.54) is 37.8 Å². The van der Waals surface area contributed by atoms with Gasteiger partial charge >= 0.3 is 0 Å². The van der Waals surface area contributed by atoms with Crippen molar-refractivity contribution in [3.8, 4) is 0 Å². The second-order valence-corrected chi connectivity index (χ2v) is 3.03. The van der Waals surface area contributed by atoms with Gasteiger partial charge in [-0.3, -0.25) is 4.79 Å². The number of carbonyl (C=O) groups is 1. The molecule has 0 amide bonds. The van der Waals surface area contributed by atoms with Crippen LogP contribution >= 0.6 is 37.2 Å². The van der Waals surface area contributed by atoms with E-state index < -0.39 is 6.26 Å². The molecule has 3 heteroatoms. The van der Waals surface area contributed by atoms with Crippen LogP contribution in [-0.4, -0.2) is 6.26 Å². The van der Waals surface area contributed by atoms with Gasteiger partial charge in [-0.15, -0.1) is 0 Å². The summed E-state index contributed by atoms with van der Waals surface area (Å²) in [6, 6.07) is 0. The van der Waals surface area contributed by atoms with Crippen molar-refractivity contribution in [1.82, 2.24) is 0 Å². The third-order valence-electron chi connectivity index (χ3n) is 0.735. The number of carbonyl (C=O) groups excluding carboxylic acids is 1.